The van der Waals surface area contributed by atoms with Gasteiger partial charge in [-0.3, -0.25) is 0 Å². The van der Waals surface area contributed by atoms with E-state index in [-0.39, 0.29) is 6.03 Å². The van der Waals surface area contributed by atoms with E-state index in [0.29, 0.717) is 11.5 Å². The highest BCUT2D eigenvalue weighted by Gasteiger charge is 2.22. The van der Waals surface area contributed by atoms with Crippen molar-refractivity contribution in [2.45, 2.75) is 19.3 Å². The number of amides is 2. The first kappa shape index (κ1) is 14.4. The summed E-state index contributed by atoms with van der Waals surface area (Å²) in [6.45, 7) is 2.29. The predicted molar refractivity (Wildman–Crippen MR) is 78.1 cm³/mol. The van der Waals surface area contributed by atoms with E-state index < -0.39 is 0 Å². The molecule has 1 aromatic rings. The minimum atomic E-state index is -0.0686. The maximum atomic E-state index is 12.1. The molecule has 1 fully saturated rings. The first-order chi connectivity index (χ1) is 9.72. The molecule has 5 nitrogen and oxygen atoms in total. The highest BCUT2D eigenvalue weighted by atomic mass is 16.2. The zero-order valence-electron chi connectivity index (χ0n) is 11.5. The molecule has 1 saturated heterocycles. The molecule has 1 heterocycles. The van der Waals surface area contributed by atoms with Gasteiger partial charge in [0, 0.05) is 18.8 Å². The third-order valence-corrected chi connectivity index (χ3v) is 3.74. The molecule has 0 saturated carbocycles. The Morgan fingerprint density at radius 2 is 2.00 bits per heavy atom. The molecule has 106 valence electrons. The molecule has 2 amide bonds. The Labute approximate surface area is 119 Å². The normalized spacial score (nSPS) is 15.7. The molecule has 0 spiro atoms. The summed E-state index contributed by atoms with van der Waals surface area (Å²) in [5, 5.41) is 11.6. The zero-order valence-corrected chi connectivity index (χ0v) is 11.5. The zero-order chi connectivity index (χ0) is 14.4. The van der Waals surface area contributed by atoms with Gasteiger partial charge in [-0.15, -0.1) is 0 Å². The van der Waals surface area contributed by atoms with Gasteiger partial charge in [-0.1, -0.05) is 0 Å². The number of anilines is 1. The fourth-order valence-corrected chi connectivity index (χ4v) is 2.49. The van der Waals surface area contributed by atoms with Crippen LogP contribution in [0, 0.1) is 17.2 Å². The molecule has 0 aromatic heterocycles. The average Bonchev–Trinajstić information content (AvgIpc) is 2.49. The lowest BCUT2D eigenvalue weighted by Gasteiger charge is -2.31. The molecule has 3 N–H and O–H groups in total. The van der Waals surface area contributed by atoms with Crippen molar-refractivity contribution in [3.05, 3.63) is 29.8 Å². The van der Waals surface area contributed by atoms with Gasteiger partial charge in [-0.2, -0.15) is 5.26 Å². The Balaban J connectivity index is 1.84. The number of hydrogen-bond acceptors (Lipinski definition) is 3. The van der Waals surface area contributed by atoms with Crippen molar-refractivity contribution >= 4 is 11.7 Å². The van der Waals surface area contributed by atoms with Gasteiger partial charge >= 0.3 is 6.03 Å². The van der Waals surface area contributed by atoms with E-state index in [0.717, 1.165) is 44.6 Å². The summed E-state index contributed by atoms with van der Waals surface area (Å²) in [6.07, 6.45) is 3.10. The summed E-state index contributed by atoms with van der Waals surface area (Å²) in [4.78, 5) is 14.0. The monoisotopic (exact) mass is 272 g/mol. The largest absolute Gasteiger partial charge is 0.330 e. The topological polar surface area (TPSA) is 82.2 Å². The van der Waals surface area contributed by atoms with E-state index in [1.807, 2.05) is 4.90 Å². The lowest BCUT2D eigenvalue weighted by atomic mass is 9.94. The van der Waals surface area contributed by atoms with Crippen LogP contribution in [0.25, 0.3) is 0 Å². The van der Waals surface area contributed by atoms with Gasteiger partial charge in [-0.05, 0) is 56.0 Å². The third kappa shape index (κ3) is 3.72. The smallest absolute Gasteiger partial charge is 0.321 e. The van der Waals surface area contributed by atoms with Crippen molar-refractivity contribution in [2.24, 2.45) is 11.7 Å². The van der Waals surface area contributed by atoms with Gasteiger partial charge < -0.3 is 16.0 Å². The number of carbonyl (C=O) groups excluding carboxylic acids is 1. The fourth-order valence-electron chi connectivity index (χ4n) is 2.49. The van der Waals surface area contributed by atoms with Crippen LogP contribution in [0.4, 0.5) is 10.5 Å². The summed E-state index contributed by atoms with van der Waals surface area (Å²) in [7, 11) is 0. The molecule has 5 heteroatoms. The Morgan fingerprint density at radius 3 is 2.55 bits per heavy atom. The number of piperidine rings is 1. The van der Waals surface area contributed by atoms with Crippen LogP contribution in [0.5, 0.6) is 0 Å². The number of nitrogens with zero attached hydrogens (tertiary/aromatic N) is 2. The van der Waals surface area contributed by atoms with E-state index in [2.05, 4.69) is 11.4 Å². The lowest BCUT2D eigenvalue weighted by Crippen LogP contribution is -2.41. The van der Waals surface area contributed by atoms with Gasteiger partial charge in [0.25, 0.3) is 0 Å². The number of nitrogens with one attached hydrogen (secondary N) is 1. The molecule has 1 aromatic carbocycles. The minimum absolute atomic E-state index is 0.0686. The molecule has 0 atom stereocenters. The summed E-state index contributed by atoms with van der Waals surface area (Å²) >= 11 is 0. The number of rotatable bonds is 3. The molecular weight excluding hydrogens is 252 g/mol. The first-order valence-corrected chi connectivity index (χ1v) is 6.99. The average molecular weight is 272 g/mol. The van der Waals surface area contributed by atoms with Crippen molar-refractivity contribution in [3.8, 4) is 6.07 Å². The molecule has 20 heavy (non-hydrogen) atoms. The number of carbonyl (C=O) groups is 1. The lowest BCUT2D eigenvalue weighted by molar-refractivity contribution is 0.180. The molecule has 0 bridgehead atoms. The number of nitrogens with two attached hydrogens (primary N) is 1. The van der Waals surface area contributed by atoms with E-state index in [4.69, 9.17) is 11.0 Å². The molecule has 0 unspecified atom stereocenters. The Hall–Kier alpha value is -2.06. The Morgan fingerprint density at radius 1 is 1.35 bits per heavy atom. The van der Waals surface area contributed by atoms with Crippen molar-refractivity contribution in [3.63, 3.8) is 0 Å². The second-order valence-corrected chi connectivity index (χ2v) is 5.13. The maximum absolute atomic E-state index is 12.1. The second kappa shape index (κ2) is 6.92. The standard InChI is InChI=1S/C15H20N4O/c16-8-5-12-6-9-19(10-7-12)15(20)18-14-3-1-13(11-17)2-4-14/h1-4,12H,5-10,16H2,(H,18,20). The molecule has 2 rings (SSSR count). The molecular formula is C15H20N4O. The fraction of sp³-hybridized carbons (Fsp3) is 0.467. The van der Waals surface area contributed by atoms with E-state index in [1.54, 1.807) is 24.3 Å². The van der Waals surface area contributed by atoms with Gasteiger partial charge in [-0.25, -0.2) is 4.79 Å². The minimum Gasteiger partial charge on any atom is -0.330 e. The van der Waals surface area contributed by atoms with Gasteiger partial charge in [0.1, 0.15) is 0 Å². The van der Waals surface area contributed by atoms with Crippen molar-refractivity contribution < 1.29 is 4.79 Å². The van der Waals surface area contributed by atoms with Crippen LogP contribution in [-0.2, 0) is 0 Å². The van der Waals surface area contributed by atoms with Crippen LogP contribution < -0.4 is 11.1 Å². The summed E-state index contributed by atoms with van der Waals surface area (Å²) < 4.78 is 0. The van der Waals surface area contributed by atoms with Crippen LogP contribution in [0.15, 0.2) is 24.3 Å². The quantitative estimate of drug-likeness (QED) is 0.884. The van der Waals surface area contributed by atoms with Crippen LogP contribution in [0.2, 0.25) is 0 Å². The molecule has 1 aliphatic rings. The van der Waals surface area contributed by atoms with Gasteiger partial charge in [0.15, 0.2) is 0 Å². The van der Waals surface area contributed by atoms with Gasteiger partial charge in [0.05, 0.1) is 11.6 Å². The SMILES string of the molecule is N#Cc1ccc(NC(=O)N2CCC(CCN)CC2)cc1. The number of urea groups is 1. The second-order valence-electron chi connectivity index (χ2n) is 5.13. The van der Waals surface area contributed by atoms with Crippen molar-refractivity contribution in [2.75, 3.05) is 25.0 Å². The number of hydrogen-bond donors (Lipinski definition) is 2. The van der Waals surface area contributed by atoms with Crippen LogP contribution >= 0.6 is 0 Å². The number of benzene rings is 1. The highest BCUT2D eigenvalue weighted by molar-refractivity contribution is 5.89. The van der Waals surface area contributed by atoms with Crippen molar-refractivity contribution in [1.82, 2.24) is 4.90 Å². The van der Waals surface area contributed by atoms with Crippen LogP contribution in [-0.4, -0.2) is 30.6 Å². The van der Waals surface area contributed by atoms with E-state index in [1.165, 1.54) is 0 Å². The summed E-state index contributed by atoms with van der Waals surface area (Å²) in [6, 6.07) is 8.88. The summed E-state index contributed by atoms with van der Waals surface area (Å²) in [5.74, 6) is 0.652. The van der Waals surface area contributed by atoms with Crippen LogP contribution in [0.3, 0.4) is 0 Å². The maximum Gasteiger partial charge on any atom is 0.321 e. The molecule has 0 radical (unpaired) electrons. The Bertz CT molecular complexity index is 484. The summed E-state index contributed by atoms with van der Waals surface area (Å²) in [5.41, 5.74) is 6.87. The molecule has 0 aliphatic carbocycles. The number of nitriles is 1. The number of likely N-dealkylation sites (tertiary alicyclic amines) is 1. The molecule has 1 aliphatic heterocycles. The van der Waals surface area contributed by atoms with Gasteiger partial charge in [0.2, 0.25) is 0 Å². The Kier molecular flexibility index (Phi) is 4.97. The van der Waals surface area contributed by atoms with Crippen LogP contribution in [0.1, 0.15) is 24.8 Å². The highest BCUT2D eigenvalue weighted by Crippen LogP contribution is 2.20. The third-order valence-electron chi connectivity index (χ3n) is 3.74. The van der Waals surface area contributed by atoms with Crippen molar-refractivity contribution in [1.29, 1.82) is 5.26 Å². The first-order valence-electron chi connectivity index (χ1n) is 6.99. The predicted octanol–water partition coefficient (Wildman–Crippen LogP) is 2.15. The van der Waals surface area contributed by atoms with E-state index >= 15 is 0 Å². The van der Waals surface area contributed by atoms with E-state index in [9.17, 15) is 4.79 Å².